The van der Waals surface area contributed by atoms with Crippen LogP contribution in [0.25, 0.3) is 0 Å². The highest BCUT2D eigenvalue weighted by atomic mass is 35.5. The van der Waals surface area contributed by atoms with Crippen LogP contribution in [0, 0.1) is 11.8 Å². The Hall–Kier alpha value is -1.22. The van der Waals surface area contributed by atoms with E-state index < -0.39 is 0 Å². The maximum absolute atomic E-state index is 12.4. The summed E-state index contributed by atoms with van der Waals surface area (Å²) in [5.74, 6) is 1.20. The monoisotopic (exact) mass is 266 g/mol. The van der Waals surface area contributed by atoms with E-state index in [0.717, 1.165) is 19.5 Å². The molecule has 1 atom stereocenters. The molecule has 1 amide bonds. The maximum atomic E-state index is 12.4. The molecule has 3 nitrogen and oxygen atoms in total. The third-order valence-corrected chi connectivity index (χ3v) is 4.01. The molecule has 1 unspecified atom stereocenters. The van der Waals surface area contributed by atoms with Crippen LogP contribution in [-0.4, -0.2) is 23.9 Å². The van der Waals surface area contributed by atoms with Crippen LogP contribution in [0.2, 0.25) is 5.02 Å². The molecule has 0 spiro atoms. The predicted molar refractivity (Wildman–Crippen MR) is 74.7 cm³/mol. The number of anilines is 1. The van der Waals surface area contributed by atoms with Crippen LogP contribution in [-0.2, 0) is 0 Å². The van der Waals surface area contributed by atoms with Gasteiger partial charge in [-0.25, -0.2) is 0 Å². The van der Waals surface area contributed by atoms with Crippen molar-refractivity contribution in [1.82, 2.24) is 4.90 Å². The van der Waals surface area contributed by atoms with Gasteiger partial charge in [0, 0.05) is 18.8 Å². The molecule has 1 saturated heterocycles. The van der Waals surface area contributed by atoms with Crippen LogP contribution in [0.3, 0.4) is 0 Å². The highest BCUT2D eigenvalue weighted by Gasteiger charge is 2.29. The minimum absolute atomic E-state index is 0.00421. The molecule has 0 aliphatic carbocycles. The number of likely N-dealkylation sites (tertiary alicyclic amines) is 1. The second kappa shape index (κ2) is 5.19. The van der Waals surface area contributed by atoms with Gasteiger partial charge >= 0.3 is 0 Å². The minimum atomic E-state index is -0.00421. The molecule has 0 bridgehead atoms. The fraction of sp³-hybridized carbons (Fsp3) is 0.500. The Labute approximate surface area is 113 Å². The van der Waals surface area contributed by atoms with Gasteiger partial charge in [0.05, 0.1) is 10.6 Å². The molecular formula is C14H19ClN2O. The summed E-state index contributed by atoms with van der Waals surface area (Å²) in [6.07, 6.45) is 1.07. The van der Waals surface area contributed by atoms with Gasteiger partial charge in [-0.1, -0.05) is 25.4 Å². The van der Waals surface area contributed by atoms with Crippen molar-refractivity contribution in [3.63, 3.8) is 0 Å². The molecule has 18 heavy (non-hydrogen) atoms. The van der Waals surface area contributed by atoms with Crippen LogP contribution in [0.1, 0.15) is 30.6 Å². The Bertz CT molecular complexity index is 459. The van der Waals surface area contributed by atoms with Crippen molar-refractivity contribution in [2.24, 2.45) is 11.8 Å². The van der Waals surface area contributed by atoms with Crippen LogP contribution in [0.4, 0.5) is 5.69 Å². The average molecular weight is 267 g/mol. The van der Waals surface area contributed by atoms with Crippen LogP contribution < -0.4 is 5.73 Å². The molecule has 2 rings (SSSR count). The lowest BCUT2D eigenvalue weighted by Gasteiger charge is -2.19. The zero-order valence-corrected chi connectivity index (χ0v) is 11.6. The van der Waals surface area contributed by atoms with E-state index in [9.17, 15) is 4.79 Å². The van der Waals surface area contributed by atoms with Crippen molar-refractivity contribution in [3.05, 3.63) is 28.8 Å². The number of hydrogen-bond acceptors (Lipinski definition) is 2. The average Bonchev–Trinajstić information content (AvgIpc) is 2.81. The zero-order valence-electron chi connectivity index (χ0n) is 10.8. The summed E-state index contributed by atoms with van der Waals surface area (Å²) in [7, 11) is 0. The Morgan fingerprint density at radius 1 is 1.50 bits per heavy atom. The van der Waals surface area contributed by atoms with Crippen molar-refractivity contribution in [1.29, 1.82) is 0 Å². The zero-order chi connectivity index (χ0) is 13.3. The highest BCUT2D eigenvalue weighted by Crippen LogP contribution is 2.27. The van der Waals surface area contributed by atoms with Crippen molar-refractivity contribution < 1.29 is 4.79 Å². The second-order valence-electron chi connectivity index (χ2n) is 5.28. The van der Waals surface area contributed by atoms with Gasteiger partial charge in [-0.05, 0) is 36.5 Å². The lowest BCUT2D eigenvalue weighted by molar-refractivity contribution is 0.0784. The Kier molecular flexibility index (Phi) is 3.81. The lowest BCUT2D eigenvalue weighted by Crippen LogP contribution is -2.29. The van der Waals surface area contributed by atoms with Gasteiger partial charge in [0.25, 0.3) is 5.91 Å². The van der Waals surface area contributed by atoms with Gasteiger partial charge in [0.2, 0.25) is 0 Å². The van der Waals surface area contributed by atoms with E-state index in [4.69, 9.17) is 17.3 Å². The van der Waals surface area contributed by atoms with Crippen molar-refractivity contribution in [3.8, 4) is 0 Å². The number of hydrogen-bond donors (Lipinski definition) is 1. The van der Waals surface area contributed by atoms with E-state index >= 15 is 0 Å². The first-order chi connectivity index (χ1) is 8.49. The third kappa shape index (κ3) is 2.61. The standard InChI is InChI=1S/C14H19ClN2O/c1-9(2)10-5-6-17(8-10)14(18)12-7-11(16)3-4-13(12)15/h3-4,7,9-10H,5-6,8,16H2,1-2H3. The van der Waals surface area contributed by atoms with Gasteiger partial charge in [-0.15, -0.1) is 0 Å². The molecule has 4 heteroatoms. The summed E-state index contributed by atoms with van der Waals surface area (Å²) in [6, 6.07) is 5.05. The van der Waals surface area contributed by atoms with Gasteiger partial charge in [-0.3, -0.25) is 4.79 Å². The highest BCUT2D eigenvalue weighted by molar-refractivity contribution is 6.34. The van der Waals surface area contributed by atoms with Gasteiger partial charge in [0.1, 0.15) is 0 Å². The molecular weight excluding hydrogens is 248 g/mol. The van der Waals surface area contributed by atoms with E-state index in [1.165, 1.54) is 0 Å². The Morgan fingerprint density at radius 2 is 2.22 bits per heavy atom. The third-order valence-electron chi connectivity index (χ3n) is 3.68. The summed E-state index contributed by atoms with van der Waals surface area (Å²) >= 11 is 6.07. The molecule has 1 fully saturated rings. The normalized spacial score (nSPS) is 19.6. The SMILES string of the molecule is CC(C)C1CCN(C(=O)c2cc(N)ccc2Cl)C1. The maximum Gasteiger partial charge on any atom is 0.255 e. The molecule has 0 radical (unpaired) electrons. The fourth-order valence-electron chi connectivity index (χ4n) is 2.39. The largest absolute Gasteiger partial charge is 0.399 e. The first-order valence-electron chi connectivity index (χ1n) is 6.33. The molecule has 1 aromatic rings. The Morgan fingerprint density at radius 3 is 2.83 bits per heavy atom. The van der Waals surface area contributed by atoms with Crippen LogP contribution in [0.5, 0.6) is 0 Å². The van der Waals surface area contributed by atoms with Gasteiger partial charge < -0.3 is 10.6 Å². The topological polar surface area (TPSA) is 46.3 Å². The van der Waals surface area contributed by atoms with Crippen molar-refractivity contribution >= 4 is 23.2 Å². The first-order valence-corrected chi connectivity index (χ1v) is 6.71. The minimum Gasteiger partial charge on any atom is -0.399 e. The number of rotatable bonds is 2. The number of nitrogens with two attached hydrogens (primary N) is 1. The lowest BCUT2D eigenvalue weighted by atomic mass is 9.95. The van der Waals surface area contributed by atoms with Crippen LogP contribution in [0.15, 0.2) is 18.2 Å². The second-order valence-corrected chi connectivity index (χ2v) is 5.69. The molecule has 1 aliphatic heterocycles. The van der Waals surface area contributed by atoms with E-state index in [2.05, 4.69) is 13.8 Å². The van der Waals surface area contributed by atoms with E-state index in [0.29, 0.717) is 28.1 Å². The molecule has 1 aliphatic rings. The molecule has 1 aromatic carbocycles. The number of carbonyl (C=O) groups is 1. The molecule has 2 N–H and O–H groups in total. The Balaban J connectivity index is 2.15. The van der Waals surface area contributed by atoms with E-state index in [1.54, 1.807) is 18.2 Å². The smallest absolute Gasteiger partial charge is 0.255 e. The van der Waals surface area contributed by atoms with Crippen molar-refractivity contribution in [2.45, 2.75) is 20.3 Å². The predicted octanol–water partition coefficient (Wildman–Crippen LogP) is 3.04. The number of carbonyl (C=O) groups excluding carboxylic acids is 1. The summed E-state index contributed by atoms with van der Waals surface area (Å²) in [5.41, 5.74) is 6.80. The molecule has 98 valence electrons. The fourth-order valence-corrected chi connectivity index (χ4v) is 2.59. The van der Waals surface area contributed by atoms with E-state index in [1.807, 2.05) is 4.90 Å². The number of nitrogen functional groups attached to an aromatic ring is 1. The summed E-state index contributed by atoms with van der Waals surface area (Å²) in [4.78, 5) is 14.3. The molecule has 0 aromatic heterocycles. The van der Waals surface area contributed by atoms with Crippen molar-refractivity contribution in [2.75, 3.05) is 18.8 Å². The van der Waals surface area contributed by atoms with Gasteiger partial charge in [-0.2, -0.15) is 0 Å². The summed E-state index contributed by atoms with van der Waals surface area (Å²) < 4.78 is 0. The summed E-state index contributed by atoms with van der Waals surface area (Å²) in [6.45, 7) is 6.03. The number of benzene rings is 1. The number of halogens is 1. The molecule has 0 saturated carbocycles. The first kappa shape index (κ1) is 13.2. The number of nitrogens with zero attached hydrogens (tertiary/aromatic N) is 1. The quantitative estimate of drug-likeness (QED) is 0.837. The summed E-state index contributed by atoms with van der Waals surface area (Å²) in [5, 5.41) is 0.474. The van der Waals surface area contributed by atoms with E-state index in [-0.39, 0.29) is 5.91 Å². The molecule has 1 heterocycles. The van der Waals surface area contributed by atoms with Crippen LogP contribution >= 0.6 is 11.6 Å². The number of amides is 1. The van der Waals surface area contributed by atoms with Gasteiger partial charge in [0.15, 0.2) is 0 Å².